The second-order valence-electron chi connectivity index (χ2n) is 4.76. The van der Waals surface area contributed by atoms with Crippen molar-refractivity contribution in [1.29, 1.82) is 0 Å². The molecule has 0 saturated carbocycles. The summed E-state index contributed by atoms with van der Waals surface area (Å²) < 4.78 is 4.77. The zero-order valence-electron chi connectivity index (χ0n) is 11.4. The fourth-order valence-corrected chi connectivity index (χ4v) is 3.65. The lowest BCUT2D eigenvalue weighted by Crippen LogP contribution is -2.08. The maximum absolute atomic E-state index is 6.28. The standard InChI is InChI=1S/C13H14Cl2N4S/c1-7(14)12-16-11-8(2)17-18(3)13(11)19(12)6-9-4-5-10(15)20-9/h4-5,7H,6H2,1-3H3. The molecule has 3 aromatic heterocycles. The lowest BCUT2D eigenvalue weighted by molar-refractivity contribution is 0.691. The predicted octanol–water partition coefficient (Wildman–Crippen LogP) is 4.14. The zero-order chi connectivity index (χ0) is 14.4. The Morgan fingerprint density at radius 3 is 2.75 bits per heavy atom. The van der Waals surface area contributed by atoms with E-state index in [4.69, 9.17) is 23.2 Å². The third-order valence-corrected chi connectivity index (χ3v) is 4.63. The van der Waals surface area contributed by atoms with Gasteiger partial charge in [-0.3, -0.25) is 4.68 Å². The van der Waals surface area contributed by atoms with Gasteiger partial charge in [-0.15, -0.1) is 22.9 Å². The molecule has 106 valence electrons. The van der Waals surface area contributed by atoms with E-state index in [-0.39, 0.29) is 5.38 Å². The van der Waals surface area contributed by atoms with E-state index in [0.29, 0.717) is 6.54 Å². The molecule has 4 nitrogen and oxygen atoms in total. The van der Waals surface area contributed by atoms with Crippen LogP contribution in [0.15, 0.2) is 12.1 Å². The van der Waals surface area contributed by atoms with E-state index in [0.717, 1.165) is 27.0 Å². The summed E-state index contributed by atoms with van der Waals surface area (Å²) in [6, 6.07) is 3.94. The van der Waals surface area contributed by atoms with Gasteiger partial charge in [0.15, 0.2) is 5.65 Å². The number of aromatic nitrogens is 4. The molecule has 0 spiro atoms. The van der Waals surface area contributed by atoms with E-state index in [1.807, 2.05) is 37.7 Å². The third kappa shape index (κ3) is 2.24. The van der Waals surface area contributed by atoms with E-state index in [1.54, 1.807) is 11.3 Å². The number of imidazole rings is 1. The number of thiophene rings is 1. The number of halogens is 2. The van der Waals surface area contributed by atoms with Crippen molar-refractivity contribution in [3.05, 3.63) is 32.9 Å². The SMILES string of the molecule is Cc1nn(C)c2c1nc(C(C)Cl)n2Cc1ccc(Cl)s1. The van der Waals surface area contributed by atoms with E-state index < -0.39 is 0 Å². The highest BCUT2D eigenvalue weighted by molar-refractivity contribution is 7.16. The highest BCUT2D eigenvalue weighted by Crippen LogP contribution is 2.29. The summed E-state index contributed by atoms with van der Waals surface area (Å²) in [5.74, 6) is 0.863. The molecule has 3 heterocycles. The maximum atomic E-state index is 6.28. The maximum Gasteiger partial charge on any atom is 0.159 e. The largest absolute Gasteiger partial charge is 0.306 e. The lowest BCUT2D eigenvalue weighted by atomic mass is 10.4. The fraction of sp³-hybridized carbons (Fsp3) is 0.385. The quantitative estimate of drug-likeness (QED) is 0.677. The molecule has 0 aliphatic rings. The summed E-state index contributed by atoms with van der Waals surface area (Å²) in [6.07, 6.45) is 0. The Morgan fingerprint density at radius 1 is 1.40 bits per heavy atom. The first-order valence-corrected chi connectivity index (χ1v) is 7.88. The van der Waals surface area contributed by atoms with Gasteiger partial charge in [-0.05, 0) is 26.0 Å². The second kappa shape index (κ2) is 5.06. The Labute approximate surface area is 130 Å². The minimum absolute atomic E-state index is 0.155. The van der Waals surface area contributed by atoms with Crippen molar-refractivity contribution in [3.63, 3.8) is 0 Å². The molecule has 0 radical (unpaired) electrons. The monoisotopic (exact) mass is 328 g/mol. The van der Waals surface area contributed by atoms with E-state index in [1.165, 1.54) is 4.88 Å². The summed E-state index contributed by atoms with van der Waals surface area (Å²) >= 11 is 13.9. The number of alkyl halides is 1. The van der Waals surface area contributed by atoms with Crippen LogP contribution in [0.3, 0.4) is 0 Å². The summed E-state index contributed by atoms with van der Waals surface area (Å²) in [5, 5.41) is 4.27. The van der Waals surface area contributed by atoms with Gasteiger partial charge in [-0.2, -0.15) is 5.10 Å². The molecule has 0 aliphatic heterocycles. The molecular formula is C13H14Cl2N4S. The number of hydrogen-bond acceptors (Lipinski definition) is 3. The molecular weight excluding hydrogens is 315 g/mol. The second-order valence-corrected chi connectivity index (χ2v) is 7.21. The van der Waals surface area contributed by atoms with Crippen LogP contribution in [0.25, 0.3) is 11.2 Å². The van der Waals surface area contributed by atoms with Crippen LogP contribution in [0, 0.1) is 6.92 Å². The summed E-state index contributed by atoms with van der Waals surface area (Å²) in [5.41, 5.74) is 2.83. The topological polar surface area (TPSA) is 35.6 Å². The van der Waals surface area contributed by atoms with E-state index in [9.17, 15) is 0 Å². The Morgan fingerprint density at radius 2 is 2.15 bits per heavy atom. The molecule has 0 saturated heterocycles. The smallest absolute Gasteiger partial charge is 0.159 e. The van der Waals surface area contributed by atoms with Gasteiger partial charge in [0.1, 0.15) is 11.3 Å². The molecule has 7 heteroatoms. The van der Waals surface area contributed by atoms with E-state index >= 15 is 0 Å². The summed E-state index contributed by atoms with van der Waals surface area (Å²) in [6.45, 7) is 4.60. The van der Waals surface area contributed by atoms with Crippen LogP contribution < -0.4 is 0 Å². The molecule has 3 aromatic rings. The number of rotatable bonds is 3. The van der Waals surface area contributed by atoms with Crippen molar-refractivity contribution in [2.24, 2.45) is 7.05 Å². The average Bonchev–Trinajstić information content (AvgIpc) is 3.00. The van der Waals surface area contributed by atoms with Crippen LogP contribution in [0.2, 0.25) is 4.34 Å². The van der Waals surface area contributed by atoms with Gasteiger partial charge >= 0.3 is 0 Å². The van der Waals surface area contributed by atoms with Gasteiger partial charge in [0.25, 0.3) is 0 Å². The normalized spacial score (nSPS) is 13.2. The van der Waals surface area contributed by atoms with Gasteiger partial charge in [0.2, 0.25) is 0 Å². The molecule has 0 amide bonds. The molecule has 0 aliphatic carbocycles. The molecule has 20 heavy (non-hydrogen) atoms. The lowest BCUT2D eigenvalue weighted by Gasteiger charge is -2.09. The Bertz CT molecular complexity index is 769. The third-order valence-electron chi connectivity index (χ3n) is 3.22. The summed E-state index contributed by atoms with van der Waals surface area (Å²) in [7, 11) is 1.93. The molecule has 1 atom stereocenters. The van der Waals surface area contributed by atoms with Crippen LogP contribution in [0.4, 0.5) is 0 Å². The Balaban J connectivity index is 2.18. The first-order chi connectivity index (χ1) is 9.47. The van der Waals surface area contributed by atoms with Crippen LogP contribution >= 0.6 is 34.5 Å². The van der Waals surface area contributed by atoms with Crippen LogP contribution in [-0.2, 0) is 13.6 Å². The van der Waals surface area contributed by atoms with E-state index in [2.05, 4.69) is 14.6 Å². The molecule has 0 fully saturated rings. The van der Waals surface area contributed by atoms with Crippen molar-refractivity contribution >= 4 is 45.7 Å². The van der Waals surface area contributed by atoms with Crippen molar-refractivity contribution in [1.82, 2.24) is 19.3 Å². The first kappa shape index (κ1) is 13.9. The Kier molecular flexibility index (Phi) is 3.52. The molecule has 3 rings (SSSR count). The first-order valence-electron chi connectivity index (χ1n) is 6.25. The van der Waals surface area contributed by atoms with Crippen molar-refractivity contribution in [3.8, 4) is 0 Å². The number of hydrogen-bond donors (Lipinski definition) is 0. The van der Waals surface area contributed by atoms with Crippen molar-refractivity contribution in [2.75, 3.05) is 0 Å². The predicted molar refractivity (Wildman–Crippen MR) is 83.9 cm³/mol. The molecule has 0 N–H and O–H groups in total. The van der Waals surface area contributed by atoms with Crippen molar-refractivity contribution < 1.29 is 0 Å². The van der Waals surface area contributed by atoms with Crippen LogP contribution in [0.5, 0.6) is 0 Å². The van der Waals surface area contributed by atoms with Gasteiger partial charge in [0.05, 0.1) is 22.0 Å². The number of aryl methyl sites for hydroxylation is 2. The highest BCUT2D eigenvalue weighted by Gasteiger charge is 2.20. The van der Waals surface area contributed by atoms with Crippen molar-refractivity contribution in [2.45, 2.75) is 25.8 Å². The molecule has 0 aromatic carbocycles. The molecule has 0 bridgehead atoms. The van der Waals surface area contributed by atoms with Gasteiger partial charge in [0, 0.05) is 11.9 Å². The van der Waals surface area contributed by atoms with Gasteiger partial charge in [-0.25, -0.2) is 4.98 Å². The number of fused-ring (bicyclic) bond motifs is 1. The minimum Gasteiger partial charge on any atom is -0.306 e. The minimum atomic E-state index is -0.155. The van der Waals surface area contributed by atoms with Crippen LogP contribution in [-0.4, -0.2) is 19.3 Å². The van der Waals surface area contributed by atoms with Gasteiger partial charge < -0.3 is 4.57 Å². The number of nitrogens with zero attached hydrogens (tertiary/aromatic N) is 4. The highest BCUT2D eigenvalue weighted by atomic mass is 35.5. The Hall–Kier alpha value is -1.04. The molecule has 1 unspecified atom stereocenters. The van der Waals surface area contributed by atoms with Crippen LogP contribution in [0.1, 0.15) is 28.7 Å². The summed E-state index contributed by atoms with van der Waals surface area (Å²) in [4.78, 5) is 5.83. The fourth-order valence-electron chi connectivity index (χ4n) is 2.40. The van der Waals surface area contributed by atoms with Gasteiger partial charge in [-0.1, -0.05) is 11.6 Å². The average molecular weight is 329 g/mol. The zero-order valence-corrected chi connectivity index (χ0v) is 13.7.